The van der Waals surface area contributed by atoms with Gasteiger partial charge in [-0.25, -0.2) is 0 Å². The number of carbonyl (C=O) groups is 1. The van der Waals surface area contributed by atoms with Gasteiger partial charge in [-0.05, 0) is 25.1 Å². The van der Waals surface area contributed by atoms with E-state index in [0.717, 1.165) is 0 Å². The van der Waals surface area contributed by atoms with Crippen molar-refractivity contribution in [3.63, 3.8) is 0 Å². The summed E-state index contributed by atoms with van der Waals surface area (Å²) in [5.74, 6) is -0.547. The number of H-pyrrole nitrogens is 1. The van der Waals surface area contributed by atoms with Gasteiger partial charge in [0, 0.05) is 22.8 Å². The molecule has 0 saturated heterocycles. The van der Waals surface area contributed by atoms with E-state index in [2.05, 4.69) is 10.3 Å². The van der Waals surface area contributed by atoms with Crippen LogP contribution >= 0.6 is 11.6 Å². The van der Waals surface area contributed by atoms with Gasteiger partial charge in [0.05, 0.1) is 11.3 Å². The summed E-state index contributed by atoms with van der Waals surface area (Å²) in [6, 6.07) is 7.07. The van der Waals surface area contributed by atoms with Crippen LogP contribution in [0.1, 0.15) is 16.1 Å². The molecular formula is C13H11ClN2O3. The van der Waals surface area contributed by atoms with Crippen LogP contribution in [0.4, 0.5) is 5.69 Å². The molecule has 1 aromatic heterocycles. The standard InChI is InChI=1S/C13H11ClN2O3/c1-7-9(3-5-12(18)15-7)13(19)16-10-4-2-8(14)6-11(10)17/h2-6,17H,1H3,(H,15,18)(H,16,19). The van der Waals surface area contributed by atoms with Gasteiger partial charge in [-0.15, -0.1) is 0 Å². The number of anilines is 1. The topological polar surface area (TPSA) is 82.2 Å². The molecule has 0 spiro atoms. The van der Waals surface area contributed by atoms with Crippen molar-refractivity contribution in [2.45, 2.75) is 6.92 Å². The number of aromatic nitrogens is 1. The van der Waals surface area contributed by atoms with Crippen molar-refractivity contribution in [1.82, 2.24) is 4.98 Å². The van der Waals surface area contributed by atoms with Crippen LogP contribution in [0.5, 0.6) is 5.75 Å². The fourth-order valence-corrected chi connectivity index (χ4v) is 1.79. The number of carbonyl (C=O) groups excluding carboxylic acids is 1. The van der Waals surface area contributed by atoms with E-state index in [1.54, 1.807) is 13.0 Å². The van der Waals surface area contributed by atoms with E-state index in [4.69, 9.17) is 11.6 Å². The monoisotopic (exact) mass is 278 g/mol. The Labute approximate surface area is 113 Å². The lowest BCUT2D eigenvalue weighted by Crippen LogP contribution is -2.17. The number of nitrogens with one attached hydrogen (secondary N) is 2. The number of hydrogen-bond donors (Lipinski definition) is 3. The van der Waals surface area contributed by atoms with Gasteiger partial charge in [-0.1, -0.05) is 11.6 Å². The highest BCUT2D eigenvalue weighted by molar-refractivity contribution is 6.30. The average Bonchev–Trinajstić information content (AvgIpc) is 2.32. The van der Waals surface area contributed by atoms with Gasteiger partial charge in [0.1, 0.15) is 5.75 Å². The SMILES string of the molecule is Cc1[nH]c(=O)ccc1C(=O)Nc1ccc(Cl)cc1O. The number of aryl methyl sites for hydroxylation is 1. The number of hydrogen-bond acceptors (Lipinski definition) is 3. The summed E-state index contributed by atoms with van der Waals surface area (Å²) in [7, 11) is 0. The van der Waals surface area contributed by atoms with Crippen molar-refractivity contribution in [2.75, 3.05) is 5.32 Å². The minimum atomic E-state index is -0.425. The predicted molar refractivity (Wildman–Crippen MR) is 72.9 cm³/mol. The van der Waals surface area contributed by atoms with Crippen LogP contribution in [0.2, 0.25) is 5.02 Å². The minimum absolute atomic E-state index is 0.122. The number of benzene rings is 1. The van der Waals surface area contributed by atoms with E-state index in [0.29, 0.717) is 16.3 Å². The average molecular weight is 279 g/mol. The molecule has 1 amide bonds. The van der Waals surface area contributed by atoms with Crippen LogP contribution in [0.15, 0.2) is 35.1 Å². The first-order valence-corrected chi connectivity index (χ1v) is 5.85. The highest BCUT2D eigenvalue weighted by atomic mass is 35.5. The first-order valence-electron chi connectivity index (χ1n) is 5.47. The number of aromatic amines is 1. The first-order chi connectivity index (χ1) is 8.97. The Hall–Kier alpha value is -2.27. The third-order valence-electron chi connectivity index (χ3n) is 2.57. The van der Waals surface area contributed by atoms with E-state index in [1.165, 1.54) is 24.3 Å². The molecule has 0 saturated carbocycles. The Kier molecular flexibility index (Phi) is 3.57. The Balaban J connectivity index is 2.28. The van der Waals surface area contributed by atoms with E-state index >= 15 is 0 Å². The molecule has 2 rings (SSSR count). The molecule has 0 fully saturated rings. The number of rotatable bonds is 2. The zero-order chi connectivity index (χ0) is 14.0. The van der Waals surface area contributed by atoms with Crippen molar-refractivity contribution >= 4 is 23.2 Å². The Morgan fingerprint density at radius 3 is 2.68 bits per heavy atom. The third-order valence-corrected chi connectivity index (χ3v) is 2.80. The number of amides is 1. The molecule has 19 heavy (non-hydrogen) atoms. The molecule has 2 aromatic rings. The fraction of sp³-hybridized carbons (Fsp3) is 0.0769. The van der Waals surface area contributed by atoms with Gasteiger partial charge in [0.2, 0.25) is 5.56 Å². The van der Waals surface area contributed by atoms with E-state index in [-0.39, 0.29) is 17.0 Å². The lowest BCUT2D eigenvalue weighted by molar-refractivity contribution is 0.102. The molecule has 5 nitrogen and oxygen atoms in total. The number of phenols is 1. The molecule has 0 radical (unpaired) electrons. The van der Waals surface area contributed by atoms with Crippen LogP contribution in [-0.4, -0.2) is 16.0 Å². The molecule has 0 atom stereocenters. The number of halogens is 1. The highest BCUT2D eigenvalue weighted by Gasteiger charge is 2.12. The summed E-state index contributed by atoms with van der Waals surface area (Å²) in [5, 5.41) is 12.6. The van der Waals surface area contributed by atoms with E-state index in [9.17, 15) is 14.7 Å². The fourth-order valence-electron chi connectivity index (χ4n) is 1.62. The molecular weight excluding hydrogens is 268 g/mol. The van der Waals surface area contributed by atoms with Gasteiger partial charge < -0.3 is 15.4 Å². The van der Waals surface area contributed by atoms with Crippen molar-refractivity contribution in [2.24, 2.45) is 0 Å². The maximum absolute atomic E-state index is 12.0. The zero-order valence-corrected chi connectivity index (χ0v) is 10.8. The molecule has 1 heterocycles. The van der Waals surface area contributed by atoms with Crippen molar-refractivity contribution in [3.05, 3.63) is 57.0 Å². The van der Waals surface area contributed by atoms with Crippen molar-refractivity contribution < 1.29 is 9.90 Å². The molecule has 0 aliphatic rings. The largest absolute Gasteiger partial charge is 0.506 e. The Morgan fingerprint density at radius 1 is 1.32 bits per heavy atom. The quantitative estimate of drug-likeness (QED) is 0.737. The summed E-state index contributed by atoms with van der Waals surface area (Å²) >= 11 is 5.70. The van der Waals surface area contributed by atoms with Crippen molar-refractivity contribution in [3.8, 4) is 5.75 Å². The summed E-state index contributed by atoms with van der Waals surface area (Å²) in [6.07, 6.45) is 0. The molecule has 6 heteroatoms. The van der Waals surface area contributed by atoms with Crippen LogP contribution in [0.25, 0.3) is 0 Å². The number of aromatic hydroxyl groups is 1. The van der Waals surface area contributed by atoms with E-state index in [1.807, 2.05) is 0 Å². The van der Waals surface area contributed by atoms with Gasteiger partial charge in [0.15, 0.2) is 0 Å². The zero-order valence-electron chi connectivity index (χ0n) is 10.0. The van der Waals surface area contributed by atoms with Crippen molar-refractivity contribution in [1.29, 1.82) is 0 Å². The normalized spacial score (nSPS) is 10.2. The third kappa shape index (κ3) is 2.95. The molecule has 0 bridgehead atoms. The lowest BCUT2D eigenvalue weighted by Gasteiger charge is -2.09. The molecule has 0 aliphatic heterocycles. The highest BCUT2D eigenvalue weighted by Crippen LogP contribution is 2.27. The lowest BCUT2D eigenvalue weighted by atomic mass is 10.2. The molecule has 1 aromatic carbocycles. The maximum atomic E-state index is 12.0. The smallest absolute Gasteiger partial charge is 0.257 e. The summed E-state index contributed by atoms with van der Waals surface area (Å²) in [5.41, 5.74) is 0.760. The summed E-state index contributed by atoms with van der Waals surface area (Å²) in [6.45, 7) is 1.62. The van der Waals surface area contributed by atoms with Gasteiger partial charge in [-0.3, -0.25) is 9.59 Å². The molecule has 0 unspecified atom stereocenters. The van der Waals surface area contributed by atoms with Crippen LogP contribution in [0.3, 0.4) is 0 Å². The second kappa shape index (κ2) is 5.16. The van der Waals surface area contributed by atoms with Crippen LogP contribution < -0.4 is 10.9 Å². The molecule has 98 valence electrons. The number of phenolic OH excluding ortho intramolecular Hbond substituents is 1. The second-order valence-corrected chi connectivity index (χ2v) is 4.41. The maximum Gasteiger partial charge on any atom is 0.257 e. The predicted octanol–water partition coefficient (Wildman–Crippen LogP) is 2.29. The molecule has 3 N–H and O–H groups in total. The minimum Gasteiger partial charge on any atom is -0.506 e. The number of pyridine rings is 1. The van der Waals surface area contributed by atoms with Gasteiger partial charge in [-0.2, -0.15) is 0 Å². The Morgan fingerprint density at radius 2 is 2.05 bits per heavy atom. The van der Waals surface area contributed by atoms with Crippen LogP contribution in [-0.2, 0) is 0 Å². The summed E-state index contributed by atoms with van der Waals surface area (Å²) < 4.78 is 0. The Bertz CT molecular complexity index is 695. The first kappa shape index (κ1) is 13.2. The summed E-state index contributed by atoms with van der Waals surface area (Å²) in [4.78, 5) is 25.6. The van der Waals surface area contributed by atoms with Gasteiger partial charge in [0.25, 0.3) is 5.91 Å². The second-order valence-electron chi connectivity index (χ2n) is 3.98. The van der Waals surface area contributed by atoms with E-state index < -0.39 is 5.91 Å². The van der Waals surface area contributed by atoms with Gasteiger partial charge >= 0.3 is 0 Å². The van der Waals surface area contributed by atoms with Crippen LogP contribution in [0, 0.1) is 6.92 Å². The molecule has 0 aliphatic carbocycles.